The van der Waals surface area contributed by atoms with E-state index in [0.29, 0.717) is 12.6 Å². The molecule has 0 bridgehead atoms. The number of likely N-dealkylation sites (N-methyl/N-ethyl adjacent to an activating group) is 1. The molecule has 0 spiro atoms. The van der Waals surface area contributed by atoms with Crippen molar-refractivity contribution in [1.29, 1.82) is 0 Å². The lowest BCUT2D eigenvalue weighted by molar-refractivity contribution is -0.137. The van der Waals surface area contributed by atoms with Gasteiger partial charge in [0.2, 0.25) is 0 Å². The first-order valence-electron chi connectivity index (χ1n) is 6.23. The number of rotatable bonds is 7. The molecule has 1 aromatic rings. The van der Waals surface area contributed by atoms with Crippen molar-refractivity contribution in [3.8, 4) is 0 Å². The third-order valence-corrected chi connectivity index (χ3v) is 3.34. The highest BCUT2D eigenvalue weighted by molar-refractivity contribution is 6.30. The summed E-state index contributed by atoms with van der Waals surface area (Å²) in [6.07, 6.45) is 1.10. The monoisotopic (exact) mass is 269 g/mol. The van der Waals surface area contributed by atoms with Crippen molar-refractivity contribution in [1.82, 2.24) is 4.90 Å². The van der Waals surface area contributed by atoms with E-state index >= 15 is 0 Å². The molecule has 0 aliphatic heterocycles. The van der Waals surface area contributed by atoms with Gasteiger partial charge in [0.05, 0.1) is 6.42 Å². The second-order valence-electron chi connectivity index (χ2n) is 4.45. The lowest BCUT2D eigenvalue weighted by Crippen LogP contribution is -2.36. The molecule has 0 heterocycles. The van der Waals surface area contributed by atoms with Crippen LogP contribution in [0.2, 0.25) is 5.02 Å². The summed E-state index contributed by atoms with van der Waals surface area (Å²) in [7, 11) is 0. The maximum absolute atomic E-state index is 10.6. The Morgan fingerprint density at radius 1 is 1.39 bits per heavy atom. The van der Waals surface area contributed by atoms with Crippen LogP contribution in [-0.4, -0.2) is 35.1 Å². The lowest BCUT2D eigenvalue weighted by atomic mass is 10.1. The molecule has 100 valence electrons. The Labute approximate surface area is 113 Å². The smallest absolute Gasteiger partial charge is 0.304 e. The summed E-state index contributed by atoms with van der Waals surface area (Å²) >= 11 is 5.85. The van der Waals surface area contributed by atoms with Gasteiger partial charge in [0, 0.05) is 17.6 Å². The first-order valence-corrected chi connectivity index (χ1v) is 6.61. The molecule has 1 rings (SSSR count). The number of carbonyl (C=O) groups is 1. The van der Waals surface area contributed by atoms with Crippen molar-refractivity contribution in [3.05, 3.63) is 34.9 Å². The highest BCUT2D eigenvalue weighted by Gasteiger charge is 2.13. The van der Waals surface area contributed by atoms with Gasteiger partial charge in [-0.1, -0.05) is 30.7 Å². The Bertz CT molecular complexity index is 378. The fourth-order valence-electron chi connectivity index (χ4n) is 2.02. The van der Waals surface area contributed by atoms with Crippen LogP contribution in [0.5, 0.6) is 0 Å². The Kier molecular flexibility index (Phi) is 6.16. The topological polar surface area (TPSA) is 40.5 Å². The predicted molar refractivity (Wildman–Crippen MR) is 74.1 cm³/mol. The highest BCUT2D eigenvalue weighted by Crippen LogP contribution is 2.13. The molecule has 0 radical (unpaired) electrons. The number of carboxylic acids is 1. The second-order valence-corrected chi connectivity index (χ2v) is 4.89. The second kappa shape index (κ2) is 7.39. The van der Waals surface area contributed by atoms with E-state index in [1.165, 1.54) is 5.56 Å². The zero-order chi connectivity index (χ0) is 13.5. The summed E-state index contributed by atoms with van der Waals surface area (Å²) in [4.78, 5) is 12.8. The number of benzene rings is 1. The van der Waals surface area contributed by atoms with E-state index in [1.54, 1.807) is 0 Å². The van der Waals surface area contributed by atoms with Crippen molar-refractivity contribution in [2.75, 3.05) is 13.1 Å². The van der Waals surface area contributed by atoms with E-state index in [0.717, 1.165) is 18.0 Å². The van der Waals surface area contributed by atoms with Crippen molar-refractivity contribution in [2.45, 2.75) is 32.7 Å². The van der Waals surface area contributed by atoms with Crippen LogP contribution in [0.1, 0.15) is 25.8 Å². The molecule has 4 heteroatoms. The van der Waals surface area contributed by atoms with E-state index in [-0.39, 0.29) is 6.42 Å². The summed E-state index contributed by atoms with van der Waals surface area (Å²) in [5.74, 6) is -0.743. The molecule has 3 nitrogen and oxygen atoms in total. The van der Waals surface area contributed by atoms with Crippen LogP contribution in [0.25, 0.3) is 0 Å². The average molecular weight is 270 g/mol. The molecular weight excluding hydrogens is 250 g/mol. The lowest BCUT2D eigenvalue weighted by Gasteiger charge is -2.27. The van der Waals surface area contributed by atoms with E-state index in [9.17, 15) is 4.79 Å². The van der Waals surface area contributed by atoms with Gasteiger partial charge in [-0.25, -0.2) is 0 Å². The fourth-order valence-corrected chi connectivity index (χ4v) is 2.15. The summed E-state index contributed by atoms with van der Waals surface area (Å²) in [5.41, 5.74) is 1.22. The van der Waals surface area contributed by atoms with Crippen LogP contribution in [-0.2, 0) is 11.2 Å². The van der Waals surface area contributed by atoms with Crippen LogP contribution in [0.15, 0.2) is 24.3 Å². The van der Waals surface area contributed by atoms with Gasteiger partial charge < -0.3 is 10.0 Å². The summed E-state index contributed by atoms with van der Waals surface area (Å²) < 4.78 is 0. The third-order valence-electron chi connectivity index (χ3n) is 3.09. The Morgan fingerprint density at radius 2 is 2.00 bits per heavy atom. The van der Waals surface area contributed by atoms with E-state index in [4.69, 9.17) is 16.7 Å². The van der Waals surface area contributed by atoms with Gasteiger partial charge in [0.1, 0.15) is 0 Å². The molecule has 18 heavy (non-hydrogen) atoms. The van der Waals surface area contributed by atoms with Gasteiger partial charge >= 0.3 is 5.97 Å². The number of hydrogen-bond acceptors (Lipinski definition) is 2. The van der Waals surface area contributed by atoms with Crippen molar-refractivity contribution >= 4 is 17.6 Å². The van der Waals surface area contributed by atoms with Gasteiger partial charge in [-0.2, -0.15) is 0 Å². The van der Waals surface area contributed by atoms with Crippen molar-refractivity contribution in [3.63, 3.8) is 0 Å². The molecule has 0 aliphatic rings. The predicted octanol–water partition coefficient (Wildman–Crippen LogP) is 3.07. The molecule has 1 aromatic carbocycles. The van der Waals surface area contributed by atoms with E-state index < -0.39 is 5.97 Å². The minimum atomic E-state index is -0.743. The zero-order valence-corrected chi connectivity index (χ0v) is 11.7. The number of aliphatic carboxylic acids is 1. The van der Waals surface area contributed by atoms with Crippen LogP contribution in [0.4, 0.5) is 0 Å². The van der Waals surface area contributed by atoms with Crippen LogP contribution in [0.3, 0.4) is 0 Å². The minimum absolute atomic E-state index is 0.193. The van der Waals surface area contributed by atoms with Crippen LogP contribution in [0, 0.1) is 0 Å². The molecule has 1 unspecified atom stereocenters. The van der Waals surface area contributed by atoms with Gasteiger partial charge in [-0.05, 0) is 37.6 Å². The third kappa shape index (κ3) is 5.07. The van der Waals surface area contributed by atoms with Gasteiger partial charge in [-0.15, -0.1) is 0 Å². The first kappa shape index (κ1) is 15.0. The Balaban J connectivity index is 2.53. The van der Waals surface area contributed by atoms with Gasteiger partial charge in [0.25, 0.3) is 0 Å². The Hall–Kier alpha value is -1.06. The number of hydrogen-bond donors (Lipinski definition) is 1. The molecule has 1 N–H and O–H groups in total. The molecule has 0 saturated carbocycles. The minimum Gasteiger partial charge on any atom is -0.481 e. The van der Waals surface area contributed by atoms with Crippen LogP contribution < -0.4 is 0 Å². The van der Waals surface area contributed by atoms with Crippen LogP contribution >= 0.6 is 11.6 Å². The summed E-state index contributed by atoms with van der Waals surface area (Å²) in [6.45, 7) is 5.64. The molecule has 0 aliphatic carbocycles. The number of nitrogens with zero attached hydrogens (tertiary/aromatic N) is 1. The molecule has 1 atom stereocenters. The maximum Gasteiger partial charge on any atom is 0.304 e. The molecule has 0 aromatic heterocycles. The zero-order valence-electron chi connectivity index (χ0n) is 10.9. The Morgan fingerprint density at radius 3 is 2.50 bits per heavy atom. The summed E-state index contributed by atoms with van der Waals surface area (Å²) in [5, 5.41) is 9.46. The average Bonchev–Trinajstić information content (AvgIpc) is 2.32. The number of carboxylic acid groups (broad SMARTS) is 1. The molecule has 0 fully saturated rings. The van der Waals surface area contributed by atoms with E-state index in [2.05, 4.69) is 18.7 Å². The quantitative estimate of drug-likeness (QED) is 0.827. The maximum atomic E-state index is 10.6. The highest BCUT2D eigenvalue weighted by atomic mass is 35.5. The molecule has 0 saturated heterocycles. The van der Waals surface area contributed by atoms with E-state index in [1.807, 2.05) is 24.3 Å². The van der Waals surface area contributed by atoms with Gasteiger partial charge in [-0.3, -0.25) is 4.79 Å². The summed E-state index contributed by atoms with van der Waals surface area (Å²) in [6, 6.07) is 8.14. The fraction of sp³-hybridized carbons (Fsp3) is 0.500. The normalized spacial score (nSPS) is 12.7. The molecule has 0 amide bonds. The first-order chi connectivity index (χ1) is 8.52. The van der Waals surface area contributed by atoms with Gasteiger partial charge in [0.15, 0.2) is 0 Å². The molecular formula is C14H20ClNO2. The number of halogens is 1. The largest absolute Gasteiger partial charge is 0.481 e. The van der Waals surface area contributed by atoms with Crippen molar-refractivity contribution < 1.29 is 9.90 Å². The standard InChI is InChI=1S/C14H20ClNO2/c1-3-16(9-8-14(17)18)11(2)10-12-4-6-13(15)7-5-12/h4-7,11H,3,8-10H2,1-2H3,(H,17,18). The van der Waals surface area contributed by atoms with Crippen molar-refractivity contribution in [2.24, 2.45) is 0 Å². The SMILES string of the molecule is CCN(CCC(=O)O)C(C)Cc1ccc(Cl)cc1.